The Morgan fingerprint density at radius 2 is 1.79 bits per heavy atom. The molecule has 0 saturated heterocycles. The van der Waals surface area contributed by atoms with E-state index >= 15 is 0 Å². The lowest BCUT2D eigenvalue weighted by Gasteiger charge is -2.09. The summed E-state index contributed by atoms with van der Waals surface area (Å²) in [5.41, 5.74) is 5.95. The highest BCUT2D eigenvalue weighted by atomic mass is 16.6. The van der Waals surface area contributed by atoms with E-state index in [1.165, 1.54) is 30.3 Å². The molecule has 2 amide bonds. The van der Waals surface area contributed by atoms with Crippen LogP contribution in [0.3, 0.4) is 0 Å². The van der Waals surface area contributed by atoms with Crippen LogP contribution in [0.25, 0.3) is 6.08 Å². The fraction of sp³-hybridized carbons (Fsp3) is 0.200. The maximum absolute atomic E-state index is 12.4. The van der Waals surface area contributed by atoms with Crippen molar-refractivity contribution in [3.8, 4) is 5.75 Å². The molecule has 2 aromatic rings. The third kappa shape index (κ3) is 5.94. The van der Waals surface area contributed by atoms with Gasteiger partial charge in [-0.2, -0.15) is 0 Å². The third-order valence-electron chi connectivity index (χ3n) is 3.81. The summed E-state index contributed by atoms with van der Waals surface area (Å²) < 4.78 is 5.54. The molecule has 0 aliphatic heterocycles. The van der Waals surface area contributed by atoms with Gasteiger partial charge >= 0.3 is 0 Å². The average molecular weight is 383 g/mol. The first-order valence-corrected chi connectivity index (χ1v) is 8.71. The van der Waals surface area contributed by atoms with Gasteiger partial charge in [0.1, 0.15) is 11.4 Å². The van der Waals surface area contributed by atoms with Gasteiger partial charge < -0.3 is 15.8 Å². The summed E-state index contributed by atoms with van der Waals surface area (Å²) in [6.07, 6.45) is 3.32. The lowest BCUT2D eigenvalue weighted by molar-refractivity contribution is -0.384. The van der Waals surface area contributed by atoms with E-state index in [-0.39, 0.29) is 11.4 Å². The van der Waals surface area contributed by atoms with E-state index in [2.05, 4.69) is 12.2 Å². The van der Waals surface area contributed by atoms with Crippen LogP contribution in [0.5, 0.6) is 5.75 Å². The van der Waals surface area contributed by atoms with E-state index < -0.39 is 16.7 Å². The molecule has 8 nitrogen and oxygen atoms in total. The summed E-state index contributed by atoms with van der Waals surface area (Å²) in [5.74, 6) is -0.681. The Bertz CT molecular complexity index is 874. The van der Waals surface area contributed by atoms with E-state index in [1.807, 2.05) is 0 Å². The number of nitrogens with one attached hydrogen (secondary N) is 1. The summed E-state index contributed by atoms with van der Waals surface area (Å²) in [6.45, 7) is 2.67. The summed E-state index contributed by atoms with van der Waals surface area (Å²) in [6, 6.07) is 12.0. The van der Waals surface area contributed by atoms with Gasteiger partial charge in [-0.05, 0) is 54.5 Å². The van der Waals surface area contributed by atoms with E-state index in [9.17, 15) is 19.7 Å². The number of nitro benzene ring substituents is 1. The Labute approximate surface area is 162 Å². The second kappa shape index (κ2) is 9.86. The van der Waals surface area contributed by atoms with Crippen molar-refractivity contribution in [3.05, 3.63) is 75.5 Å². The molecular weight excluding hydrogens is 362 g/mol. The SMILES string of the molecule is CCCCOc1ccc(C(=O)NC(=Cc2ccc([N+](=O)[O-])cc2)C(N)=O)cc1. The molecule has 28 heavy (non-hydrogen) atoms. The maximum Gasteiger partial charge on any atom is 0.269 e. The van der Waals surface area contributed by atoms with Crippen LogP contribution in [-0.4, -0.2) is 23.3 Å². The maximum atomic E-state index is 12.4. The number of non-ortho nitro benzene ring substituents is 1. The van der Waals surface area contributed by atoms with E-state index in [4.69, 9.17) is 10.5 Å². The molecule has 2 aromatic carbocycles. The molecule has 146 valence electrons. The van der Waals surface area contributed by atoms with Gasteiger partial charge in [-0.25, -0.2) is 0 Å². The first-order valence-electron chi connectivity index (χ1n) is 8.71. The predicted octanol–water partition coefficient (Wildman–Crippen LogP) is 3.03. The number of carbonyl (C=O) groups is 2. The van der Waals surface area contributed by atoms with Crippen LogP contribution in [0.1, 0.15) is 35.7 Å². The molecule has 0 aliphatic rings. The van der Waals surface area contributed by atoms with Crippen LogP contribution >= 0.6 is 0 Å². The monoisotopic (exact) mass is 383 g/mol. The largest absolute Gasteiger partial charge is 0.494 e. The molecule has 0 atom stereocenters. The molecule has 0 unspecified atom stereocenters. The predicted molar refractivity (Wildman–Crippen MR) is 105 cm³/mol. The Kier molecular flexibility index (Phi) is 7.27. The number of carbonyl (C=O) groups excluding carboxylic acids is 2. The molecule has 8 heteroatoms. The topological polar surface area (TPSA) is 125 Å². The molecular formula is C20H21N3O5. The summed E-state index contributed by atoms with van der Waals surface area (Å²) in [5, 5.41) is 13.2. The van der Waals surface area contributed by atoms with Gasteiger partial charge in [-0.3, -0.25) is 19.7 Å². The molecule has 0 spiro atoms. The number of hydrogen-bond acceptors (Lipinski definition) is 5. The molecule has 0 fully saturated rings. The zero-order chi connectivity index (χ0) is 20.5. The number of nitro groups is 1. The zero-order valence-electron chi connectivity index (χ0n) is 15.4. The second-order valence-electron chi connectivity index (χ2n) is 5.95. The van der Waals surface area contributed by atoms with Crippen molar-refractivity contribution < 1.29 is 19.2 Å². The molecule has 0 radical (unpaired) electrons. The second-order valence-corrected chi connectivity index (χ2v) is 5.95. The van der Waals surface area contributed by atoms with Crippen molar-refractivity contribution in [1.29, 1.82) is 0 Å². The van der Waals surface area contributed by atoms with E-state index in [1.54, 1.807) is 24.3 Å². The Morgan fingerprint density at radius 3 is 2.32 bits per heavy atom. The van der Waals surface area contributed by atoms with Gasteiger partial charge in [0, 0.05) is 17.7 Å². The highest BCUT2D eigenvalue weighted by molar-refractivity contribution is 6.04. The smallest absolute Gasteiger partial charge is 0.269 e. The number of primary amides is 1. The van der Waals surface area contributed by atoms with Crippen LogP contribution in [-0.2, 0) is 4.79 Å². The minimum absolute atomic E-state index is 0.0805. The number of ether oxygens (including phenoxy) is 1. The van der Waals surface area contributed by atoms with Crippen molar-refractivity contribution in [2.45, 2.75) is 19.8 Å². The van der Waals surface area contributed by atoms with E-state index in [0.29, 0.717) is 23.5 Å². The fourth-order valence-electron chi connectivity index (χ4n) is 2.26. The van der Waals surface area contributed by atoms with Crippen LogP contribution in [0, 0.1) is 10.1 Å². The van der Waals surface area contributed by atoms with Crippen molar-refractivity contribution in [3.63, 3.8) is 0 Å². The number of nitrogens with two attached hydrogens (primary N) is 1. The van der Waals surface area contributed by atoms with Crippen molar-refractivity contribution in [2.24, 2.45) is 5.73 Å². The van der Waals surface area contributed by atoms with E-state index in [0.717, 1.165) is 12.8 Å². The highest BCUT2D eigenvalue weighted by Crippen LogP contribution is 2.15. The standard InChI is InChI=1S/C20H21N3O5/c1-2-3-12-28-17-10-6-15(7-11-17)20(25)22-18(19(21)24)13-14-4-8-16(9-5-14)23(26)27/h4-11,13H,2-3,12H2,1H3,(H2,21,24)(H,22,25). The summed E-state index contributed by atoms with van der Waals surface area (Å²) >= 11 is 0. The third-order valence-corrected chi connectivity index (χ3v) is 3.81. The highest BCUT2D eigenvalue weighted by Gasteiger charge is 2.13. The minimum Gasteiger partial charge on any atom is -0.494 e. The number of rotatable bonds is 9. The normalized spacial score (nSPS) is 11.0. The first kappa shape index (κ1) is 20.6. The average Bonchev–Trinajstić information content (AvgIpc) is 2.68. The fourth-order valence-corrected chi connectivity index (χ4v) is 2.26. The van der Waals surface area contributed by atoms with Gasteiger partial charge in [0.25, 0.3) is 17.5 Å². The minimum atomic E-state index is -0.828. The molecule has 0 aromatic heterocycles. The van der Waals surface area contributed by atoms with Crippen LogP contribution in [0.4, 0.5) is 5.69 Å². The van der Waals surface area contributed by atoms with Gasteiger partial charge in [0.15, 0.2) is 0 Å². The lowest BCUT2D eigenvalue weighted by Crippen LogP contribution is -2.31. The van der Waals surface area contributed by atoms with Gasteiger partial charge in [0.05, 0.1) is 11.5 Å². The van der Waals surface area contributed by atoms with Gasteiger partial charge in [-0.1, -0.05) is 13.3 Å². The molecule has 0 aliphatic carbocycles. The van der Waals surface area contributed by atoms with Crippen LogP contribution in [0.15, 0.2) is 54.2 Å². The Morgan fingerprint density at radius 1 is 1.14 bits per heavy atom. The number of nitrogens with zero attached hydrogens (tertiary/aromatic N) is 1. The van der Waals surface area contributed by atoms with Gasteiger partial charge in [0.2, 0.25) is 0 Å². The number of unbranched alkanes of at least 4 members (excludes halogenated alkanes) is 1. The quantitative estimate of drug-likeness (QED) is 0.298. The lowest BCUT2D eigenvalue weighted by atomic mass is 10.1. The summed E-state index contributed by atoms with van der Waals surface area (Å²) in [7, 11) is 0. The number of amides is 2. The molecule has 0 heterocycles. The molecule has 0 saturated carbocycles. The number of benzene rings is 2. The van der Waals surface area contributed by atoms with Crippen molar-refractivity contribution >= 4 is 23.6 Å². The molecule has 0 bridgehead atoms. The summed E-state index contributed by atoms with van der Waals surface area (Å²) in [4.78, 5) is 34.2. The van der Waals surface area contributed by atoms with Crippen molar-refractivity contribution in [1.82, 2.24) is 5.32 Å². The Hall–Kier alpha value is -3.68. The van der Waals surface area contributed by atoms with Crippen LogP contribution < -0.4 is 15.8 Å². The number of hydrogen-bond donors (Lipinski definition) is 2. The van der Waals surface area contributed by atoms with Gasteiger partial charge in [-0.15, -0.1) is 0 Å². The molecule has 3 N–H and O–H groups in total. The zero-order valence-corrected chi connectivity index (χ0v) is 15.4. The molecule has 2 rings (SSSR count). The van der Waals surface area contributed by atoms with Crippen LogP contribution in [0.2, 0.25) is 0 Å². The first-order chi connectivity index (χ1) is 13.4. The van der Waals surface area contributed by atoms with Crippen molar-refractivity contribution in [2.75, 3.05) is 6.61 Å². The Balaban J connectivity index is 2.09.